The molecule has 30 heavy (non-hydrogen) atoms. The smallest absolute Gasteiger partial charge is 0.243 e. The molecule has 1 amide bonds. The Hall–Kier alpha value is -2.38. The van der Waals surface area contributed by atoms with E-state index >= 15 is 0 Å². The summed E-state index contributed by atoms with van der Waals surface area (Å²) < 4.78 is 27.6. The number of carbonyl (C=O) groups is 1. The minimum absolute atomic E-state index is 0.0173. The Bertz CT molecular complexity index is 1110. The topological polar surface area (TPSA) is 66.5 Å². The Morgan fingerprint density at radius 2 is 1.40 bits per heavy atom. The van der Waals surface area contributed by atoms with Crippen molar-refractivity contribution >= 4 is 44.8 Å². The van der Waals surface area contributed by atoms with Gasteiger partial charge in [-0.3, -0.25) is 4.79 Å². The van der Waals surface area contributed by atoms with Crippen LogP contribution in [-0.2, 0) is 21.4 Å². The van der Waals surface area contributed by atoms with Crippen molar-refractivity contribution in [3.8, 4) is 0 Å². The van der Waals surface area contributed by atoms with Gasteiger partial charge in [0.05, 0.1) is 11.4 Å². The lowest BCUT2D eigenvalue weighted by molar-refractivity contribution is -0.116. The van der Waals surface area contributed by atoms with Gasteiger partial charge >= 0.3 is 0 Å². The van der Waals surface area contributed by atoms with E-state index in [0.29, 0.717) is 21.3 Å². The third-order valence-electron chi connectivity index (χ3n) is 4.38. The molecule has 0 aromatic heterocycles. The molecule has 0 unspecified atom stereocenters. The molecule has 0 aliphatic carbocycles. The normalized spacial score (nSPS) is 11.5. The number of hydrogen-bond donors (Lipinski definition) is 1. The zero-order chi connectivity index (χ0) is 21.7. The summed E-state index contributed by atoms with van der Waals surface area (Å²) in [7, 11) is -3.94. The Morgan fingerprint density at radius 1 is 0.867 bits per heavy atom. The number of sulfonamides is 1. The van der Waals surface area contributed by atoms with E-state index in [1.165, 1.54) is 24.3 Å². The molecule has 0 spiro atoms. The molecule has 0 saturated carbocycles. The van der Waals surface area contributed by atoms with Gasteiger partial charge in [-0.2, -0.15) is 4.31 Å². The van der Waals surface area contributed by atoms with E-state index in [1.807, 2.05) is 19.1 Å². The number of benzene rings is 3. The summed E-state index contributed by atoms with van der Waals surface area (Å²) in [5.74, 6) is -0.439. The second-order valence-electron chi connectivity index (χ2n) is 6.77. The Morgan fingerprint density at radius 3 is 1.97 bits per heavy atom. The lowest BCUT2D eigenvalue weighted by atomic mass is 10.2. The number of nitrogens with zero attached hydrogens (tertiary/aromatic N) is 1. The molecule has 0 fully saturated rings. The van der Waals surface area contributed by atoms with Crippen molar-refractivity contribution in [3.05, 3.63) is 94.0 Å². The summed E-state index contributed by atoms with van der Waals surface area (Å²) in [6.45, 7) is 1.61. The number of carbonyl (C=O) groups excluding carboxylic acids is 1. The average molecular weight is 463 g/mol. The van der Waals surface area contributed by atoms with E-state index in [2.05, 4.69) is 5.32 Å². The zero-order valence-corrected chi connectivity index (χ0v) is 18.5. The molecule has 1 N–H and O–H groups in total. The number of halogens is 2. The first kappa shape index (κ1) is 22.3. The molecule has 0 aliphatic heterocycles. The highest BCUT2D eigenvalue weighted by atomic mass is 35.5. The van der Waals surface area contributed by atoms with Gasteiger partial charge in [0.25, 0.3) is 0 Å². The SMILES string of the molecule is Cc1ccc(NC(=O)CN(Cc2ccc(Cl)cc2)S(=O)(=O)c2ccc(Cl)cc2)cc1. The van der Waals surface area contributed by atoms with Crippen LogP contribution < -0.4 is 5.32 Å². The number of aryl methyl sites for hydroxylation is 1. The highest BCUT2D eigenvalue weighted by Gasteiger charge is 2.27. The largest absolute Gasteiger partial charge is 0.325 e. The van der Waals surface area contributed by atoms with Crippen LogP contribution in [0.4, 0.5) is 5.69 Å². The molecule has 0 heterocycles. The molecule has 0 bridgehead atoms. The van der Waals surface area contributed by atoms with Crippen LogP contribution in [0.5, 0.6) is 0 Å². The van der Waals surface area contributed by atoms with Crippen LogP contribution in [0.3, 0.4) is 0 Å². The molecule has 156 valence electrons. The molecular formula is C22H20Cl2N2O3S. The maximum absolute atomic E-state index is 13.2. The van der Waals surface area contributed by atoms with Crippen LogP contribution in [0.2, 0.25) is 10.0 Å². The third-order valence-corrected chi connectivity index (χ3v) is 6.69. The van der Waals surface area contributed by atoms with Crippen LogP contribution >= 0.6 is 23.2 Å². The molecular weight excluding hydrogens is 443 g/mol. The Balaban J connectivity index is 1.86. The molecule has 8 heteroatoms. The van der Waals surface area contributed by atoms with Crippen molar-refractivity contribution < 1.29 is 13.2 Å². The van der Waals surface area contributed by atoms with Crippen LogP contribution in [-0.4, -0.2) is 25.2 Å². The van der Waals surface area contributed by atoms with Crippen molar-refractivity contribution in [3.63, 3.8) is 0 Å². The molecule has 3 aromatic carbocycles. The fourth-order valence-electron chi connectivity index (χ4n) is 2.77. The van der Waals surface area contributed by atoms with E-state index in [9.17, 15) is 13.2 Å². The van der Waals surface area contributed by atoms with E-state index in [4.69, 9.17) is 23.2 Å². The minimum Gasteiger partial charge on any atom is -0.325 e. The van der Waals surface area contributed by atoms with Crippen molar-refractivity contribution in [2.45, 2.75) is 18.4 Å². The molecule has 0 atom stereocenters. The Kier molecular flexibility index (Phi) is 7.15. The monoisotopic (exact) mass is 462 g/mol. The number of hydrogen-bond acceptors (Lipinski definition) is 3. The lowest BCUT2D eigenvalue weighted by Crippen LogP contribution is -2.37. The van der Waals surface area contributed by atoms with Gasteiger partial charge < -0.3 is 5.32 Å². The first-order chi connectivity index (χ1) is 14.2. The van der Waals surface area contributed by atoms with Gasteiger partial charge in [-0.25, -0.2) is 8.42 Å². The van der Waals surface area contributed by atoms with Crippen LogP contribution in [0.15, 0.2) is 77.7 Å². The van der Waals surface area contributed by atoms with Gasteiger partial charge in [0.2, 0.25) is 15.9 Å². The van der Waals surface area contributed by atoms with Crippen LogP contribution in [0, 0.1) is 6.92 Å². The third kappa shape index (κ3) is 5.83. The highest BCUT2D eigenvalue weighted by molar-refractivity contribution is 7.89. The lowest BCUT2D eigenvalue weighted by Gasteiger charge is -2.22. The van der Waals surface area contributed by atoms with Gasteiger partial charge in [0.15, 0.2) is 0 Å². The van der Waals surface area contributed by atoms with Crippen molar-refractivity contribution in [2.24, 2.45) is 0 Å². The maximum atomic E-state index is 13.2. The van der Waals surface area contributed by atoms with Gasteiger partial charge in [0, 0.05) is 22.3 Å². The summed E-state index contributed by atoms with van der Waals surface area (Å²) in [6.07, 6.45) is 0. The molecule has 3 aromatic rings. The predicted octanol–water partition coefficient (Wildman–Crippen LogP) is 5.13. The summed E-state index contributed by atoms with van der Waals surface area (Å²) in [5, 5.41) is 3.71. The zero-order valence-electron chi connectivity index (χ0n) is 16.2. The second-order valence-corrected chi connectivity index (χ2v) is 9.58. The Labute approximate surface area is 186 Å². The fraction of sp³-hybridized carbons (Fsp3) is 0.136. The van der Waals surface area contributed by atoms with Gasteiger partial charge in [-0.15, -0.1) is 0 Å². The summed E-state index contributed by atoms with van der Waals surface area (Å²) in [6, 6.07) is 19.9. The van der Waals surface area contributed by atoms with E-state index < -0.39 is 15.9 Å². The highest BCUT2D eigenvalue weighted by Crippen LogP contribution is 2.21. The fourth-order valence-corrected chi connectivity index (χ4v) is 4.41. The predicted molar refractivity (Wildman–Crippen MR) is 120 cm³/mol. The van der Waals surface area contributed by atoms with Crippen molar-refractivity contribution in [1.29, 1.82) is 0 Å². The molecule has 3 rings (SSSR count). The molecule has 5 nitrogen and oxygen atoms in total. The average Bonchev–Trinajstić information content (AvgIpc) is 2.71. The number of nitrogens with one attached hydrogen (secondary N) is 1. The molecule has 0 radical (unpaired) electrons. The number of rotatable bonds is 7. The van der Waals surface area contributed by atoms with E-state index in [1.54, 1.807) is 36.4 Å². The summed E-state index contributed by atoms with van der Waals surface area (Å²) in [4.78, 5) is 12.7. The van der Waals surface area contributed by atoms with Crippen LogP contribution in [0.25, 0.3) is 0 Å². The first-order valence-corrected chi connectivity index (χ1v) is 11.3. The molecule has 0 saturated heterocycles. The van der Waals surface area contributed by atoms with Crippen molar-refractivity contribution in [2.75, 3.05) is 11.9 Å². The summed E-state index contributed by atoms with van der Waals surface area (Å²) >= 11 is 11.8. The first-order valence-electron chi connectivity index (χ1n) is 9.11. The van der Waals surface area contributed by atoms with Gasteiger partial charge in [0.1, 0.15) is 0 Å². The molecule has 0 aliphatic rings. The maximum Gasteiger partial charge on any atom is 0.243 e. The van der Waals surface area contributed by atoms with E-state index in [-0.39, 0.29) is 18.0 Å². The second kappa shape index (κ2) is 9.62. The van der Waals surface area contributed by atoms with E-state index in [0.717, 1.165) is 9.87 Å². The minimum atomic E-state index is -3.94. The quantitative estimate of drug-likeness (QED) is 0.528. The van der Waals surface area contributed by atoms with Gasteiger partial charge in [-0.05, 0) is 61.0 Å². The summed E-state index contributed by atoms with van der Waals surface area (Å²) in [5.41, 5.74) is 2.36. The number of anilines is 1. The standard InChI is InChI=1S/C22H20Cl2N2O3S/c1-16-2-10-20(11-3-16)25-22(27)15-26(14-17-4-6-18(23)7-5-17)30(28,29)21-12-8-19(24)9-13-21/h2-13H,14-15H2,1H3,(H,25,27). The number of amides is 1. The van der Waals surface area contributed by atoms with Gasteiger partial charge in [-0.1, -0.05) is 53.0 Å². The van der Waals surface area contributed by atoms with Crippen molar-refractivity contribution in [1.82, 2.24) is 4.31 Å². The van der Waals surface area contributed by atoms with Crippen LogP contribution in [0.1, 0.15) is 11.1 Å².